The summed E-state index contributed by atoms with van der Waals surface area (Å²) in [7, 11) is 0. The van der Waals surface area contributed by atoms with Crippen LogP contribution < -0.4 is 15.5 Å². The first kappa shape index (κ1) is 16.5. The highest BCUT2D eigenvalue weighted by atomic mass is 19.1. The largest absolute Gasteiger partial charge is 0.354 e. The van der Waals surface area contributed by atoms with E-state index in [-0.39, 0.29) is 11.2 Å². The van der Waals surface area contributed by atoms with Crippen LogP contribution in [-0.2, 0) is 0 Å². The molecule has 134 valence electrons. The van der Waals surface area contributed by atoms with Crippen LogP contribution in [0.15, 0.2) is 36.8 Å². The quantitative estimate of drug-likeness (QED) is 0.751. The third-order valence-corrected chi connectivity index (χ3v) is 4.34. The van der Waals surface area contributed by atoms with Gasteiger partial charge in [0.1, 0.15) is 5.82 Å². The van der Waals surface area contributed by atoms with Gasteiger partial charge in [-0.25, -0.2) is 14.4 Å². The number of nitrogens with zero attached hydrogens (tertiary/aromatic N) is 4. The highest BCUT2D eigenvalue weighted by Gasteiger charge is 2.14. The number of piperazine rings is 1. The van der Waals surface area contributed by atoms with Gasteiger partial charge in [0.2, 0.25) is 0 Å². The third-order valence-electron chi connectivity index (χ3n) is 4.34. The second kappa shape index (κ2) is 6.72. The average Bonchev–Trinajstić information content (AvgIpc) is 3.04. The minimum absolute atomic E-state index is 0.209. The number of amides is 1. The van der Waals surface area contributed by atoms with E-state index in [0.29, 0.717) is 11.4 Å². The van der Waals surface area contributed by atoms with Crippen LogP contribution in [0.2, 0.25) is 0 Å². The third kappa shape index (κ3) is 3.23. The van der Waals surface area contributed by atoms with Gasteiger partial charge in [0.15, 0.2) is 11.5 Å². The van der Waals surface area contributed by atoms with Gasteiger partial charge in [-0.05, 0) is 25.1 Å². The first-order valence-corrected chi connectivity index (χ1v) is 8.48. The van der Waals surface area contributed by atoms with E-state index in [1.807, 2.05) is 6.07 Å². The number of rotatable bonds is 3. The Bertz CT molecular complexity index is 946. The fourth-order valence-corrected chi connectivity index (χ4v) is 3.05. The molecule has 1 fully saturated rings. The molecule has 1 saturated heterocycles. The lowest BCUT2D eigenvalue weighted by Crippen LogP contribution is -2.43. The van der Waals surface area contributed by atoms with E-state index in [4.69, 9.17) is 0 Å². The molecular weight excluding hydrogens is 335 g/mol. The number of hydrogen-bond acceptors (Lipinski definition) is 5. The normalized spacial score (nSPS) is 14.6. The average molecular weight is 354 g/mol. The molecule has 1 amide bonds. The highest BCUT2D eigenvalue weighted by Crippen LogP contribution is 2.17. The van der Waals surface area contributed by atoms with E-state index < -0.39 is 11.7 Å². The summed E-state index contributed by atoms with van der Waals surface area (Å²) in [4.78, 5) is 23.1. The van der Waals surface area contributed by atoms with Crippen LogP contribution in [0.1, 0.15) is 16.1 Å². The Morgan fingerprint density at radius 1 is 1.27 bits per heavy atom. The molecule has 2 N–H and O–H groups in total. The molecule has 3 aromatic heterocycles. The van der Waals surface area contributed by atoms with Gasteiger partial charge in [0, 0.05) is 38.6 Å². The Morgan fingerprint density at radius 2 is 2.08 bits per heavy atom. The molecule has 1 aliphatic rings. The Morgan fingerprint density at radius 3 is 2.81 bits per heavy atom. The second-order valence-electron chi connectivity index (χ2n) is 6.29. The summed E-state index contributed by atoms with van der Waals surface area (Å²) >= 11 is 0. The number of carbonyl (C=O) groups excluding carboxylic acids is 1. The maximum atomic E-state index is 14.1. The summed E-state index contributed by atoms with van der Waals surface area (Å²) < 4.78 is 15.7. The minimum atomic E-state index is -0.530. The first-order valence-electron chi connectivity index (χ1n) is 8.48. The molecule has 0 bridgehead atoms. The van der Waals surface area contributed by atoms with Gasteiger partial charge in [0.25, 0.3) is 5.91 Å². The molecular formula is C18H19FN6O. The van der Waals surface area contributed by atoms with Crippen LogP contribution in [0.25, 0.3) is 5.65 Å². The molecule has 8 heteroatoms. The molecule has 7 nitrogen and oxygen atoms in total. The molecule has 0 saturated carbocycles. The van der Waals surface area contributed by atoms with E-state index in [9.17, 15) is 9.18 Å². The van der Waals surface area contributed by atoms with Crippen molar-refractivity contribution in [3.05, 3.63) is 53.9 Å². The summed E-state index contributed by atoms with van der Waals surface area (Å²) in [5, 5.41) is 6.05. The molecule has 1 aliphatic heterocycles. The fraction of sp³-hybridized carbons (Fsp3) is 0.278. The van der Waals surface area contributed by atoms with Crippen LogP contribution in [0, 0.1) is 12.7 Å². The highest BCUT2D eigenvalue weighted by molar-refractivity contribution is 6.04. The predicted molar refractivity (Wildman–Crippen MR) is 97.2 cm³/mol. The van der Waals surface area contributed by atoms with Gasteiger partial charge in [-0.1, -0.05) is 0 Å². The molecule has 4 heterocycles. The number of aromatic nitrogens is 3. The van der Waals surface area contributed by atoms with E-state index >= 15 is 0 Å². The maximum absolute atomic E-state index is 14.1. The molecule has 4 rings (SSSR count). The van der Waals surface area contributed by atoms with Crippen LogP contribution in [0.5, 0.6) is 0 Å². The summed E-state index contributed by atoms with van der Waals surface area (Å²) in [6.07, 6.45) is 4.86. The van der Waals surface area contributed by atoms with Crippen LogP contribution >= 0.6 is 0 Å². The van der Waals surface area contributed by atoms with Crippen molar-refractivity contribution >= 4 is 23.1 Å². The van der Waals surface area contributed by atoms with Crippen LogP contribution in [0.4, 0.5) is 15.9 Å². The van der Waals surface area contributed by atoms with Gasteiger partial charge >= 0.3 is 0 Å². The first-order chi connectivity index (χ1) is 12.6. The zero-order valence-electron chi connectivity index (χ0n) is 14.4. The Kier molecular flexibility index (Phi) is 4.26. The number of nitrogens with one attached hydrogen (secondary N) is 2. The molecule has 0 radical (unpaired) electrons. The number of halogens is 1. The second-order valence-corrected chi connectivity index (χ2v) is 6.29. The van der Waals surface area contributed by atoms with Gasteiger partial charge in [0.05, 0.1) is 23.1 Å². The number of aryl methyl sites for hydroxylation is 1. The minimum Gasteiger partial charge on any atom is -0.354 e. The summed E-state index contributed by atoms with van der Waals surface area (Å²) in [5.74, 6) is -0.0438. The number of pyridine rings is 2. The van der Waals surface area contributed by atoms with Crippen molar-refractivity contribution in [2.75, 3.05) is 36.4 Å². The maximum Gasteiger partial charge on any atom is 0.257 e. The van der Waals surface area contributed by atoms with Gasteiger partial charge in [-0.3, -0.25) is 4.79 Å². The van der Waals surface area contributed by atoms with Crippen molar-refractivity contribution in [3.63, 3.8) is 0 Å². The fourth-order valence-electron chi connectivity index (χ4n) is 3.05. The van der Waals surface area contributed by atoms with Crippen molar-refractivity contribution in [2.24, 2.45) is 0 Å². The SMILES string of the molecule is Cc1cn2cc(C(=O)Nc3ccc(N4CCNCC4)nc3)cc(F)c2n1. The molecule has 0 aliphatic carbocycles. The number of hydrogen-bond donors (Lipinski definition) is 2. The van der Waals surface area contributed by atoms with E-state index in [0.717, 1.165) is 32.0 Å². The van der Waals surface area contributed by atoms with Gasteiger partial charge < -0.3 is 19.9 Å². The zero-order valence-corrected chi connectivity index (χ0v) is 14.4. The van der Waals surface area contributed by atoms with Gasteiger partial charge in [-0.2, -0.15) is 0 Å². The summed E-state index contributed by atoms with van der Waals surface area (Å²) in [6, 6.07) is 4.88. The smallest absolute Gasteiger partial charge is 0.257 e. The molecule has 3 aromatic rings. The van der Waals surface area contributed by atoms with Crippen LogP contribution in [0.3, 0.4) is 0 Å². The molecule has 26 heavy (non-hydrogen) atoms. The van der Waals surface area contributed by atoms with Crippen LogP contribution in [-0.4, -0.2) is 46.5 Å². The molecule has 0 atom stereocenters. The monoisotopic (exact) mass is 354 g/mol. The molecule has 0 aromatic carbocycles. The number of anilines is 2. The predicted octanol–water partition coefficient (Wildman–Crippen LogP) is 1.84. The number of imidazole rings is 1. The summed E-state index contributed by atoms with van der Waals surface area (Å²) in [5.41, 5.74) is 1.69. The Balaban J connectivity index is 1.50. The van der Waals surface area contributed by atoms with Crippen molar-refractivity contribution in [2.45, 2.75) is 6.92 Å². The molecule has 0 unspecified atom stereocenters. The topological polar surface area (TPSA) is 74.6 Å². The lowest BCUT2D eigenvalue weighted by Gasteiger charge is -2.28. The molecule has 0 spiro atoms. The van der Waals surface area contributed by atoms with E-state index in [1.165, 1.54) is 10.5 Å². The zero-order chi connectivity index (χ0) is 18.1. The van der Waals surface area contributed by atoms with Crippen molar-refractivity contribution in [3.8, 4) is 0 Å². The van der Waals surface area contributed by atoms with Gasteiger partial charge in [-0.15, -0.1) is 0 Å². The standard InChI is InChI=1S/C18H19FN6O/c1-12-10-25-11-13(8-15(19)17(25)22-12)18(26)23-14-2-3-16(21-9-14)24-6-4-20-5-7-24/h2-3,8-11,20H,4-7H2,1H3,(H,23,26). The number of fused-ring (bicyclic) bond motifs is 1. The van der Waals surface area contributed by atoms with Crippen molar-refractivity contribution in [1.82, 2.24) is 19.7 Å². The number of carbonyl (C=O) groups is 1. The van der Waals surface area contributed by atoms with Crippen molar-refractivity contribution < 1.29 is 9.18 Å². The van der Waals surface area contributed by atoms with Crippen molar-refractivity contribution in [1.29, 1.82) is 0 Å². The lowest BCUT2D eigenvalue weighted by molar-refractivity contribution is 0.102. The van der Waals surface area contributed by atoms with E-state index in [2.05, 4.69) is 25.5 Å². The summed E-state index contributed by atoms with van der Waals surface area (Å²) in [6.45, 7) is 5.45. The lowest BCUT2D eigenvalue weighted by atomic mass is 10.2. The Hall–Kier alpha value is -3.00. The Labute approximate surface area is 149 Å². The van der Waals surface area contributed by atoms with E-state index in [1.54, 1.807) is 31.6 Å².